The zero-order valence-corrected chi connectivity index (χ0v) is 13.4. The summed E-state index contributed by atoms with van der Waals surface area (Å²) in [5, 5.41) is 3.03. The van der Waals surface area contributed by atoms with E-state index in [-0.39, 0.29) is 23.0 Å². The minimum Gasteiger partial charge on any atom is -0.351 e. The van der Waals surface area contributed by atoms with E-state index in [1.54, 1.807) is 6.92 Å². The topological polar surface area (TPSA) is 64.2 Å². The number of amides is 2. The normalized spacial score (nSPS) is 12.3. The summed E-state index contributed by atoms with van der Waals surface area (Å²) >= 11 is 0. The lowest BCUT2D eigenvalue weighted by Gasteiger charge is -2.20. The lowest BCUT2D eigenvalue weighted by Crippen LogP contribution is -2.36. The number of halogens is 6. The van der Waals surface area contributed by atoms with Crippen LogP contribution < -0.4 is 10.6 Å². The summed E-state index contributed by atoms with van der Waals surface area (Å²) in [4.78, 5) is 12.6. The van der Waals surface area contributed by atoms with Gasteiger partial charge in [0.15, 0.2) is 5.69 Å². The second kappa shape index (κ2) is 6.89. The van der Waals surface area contributed by atoms with Crippen LogP contribution in [-0.4, -0.2) is 22.4 Å². The third kappa shape index (κ3) is 4.09. The van der Waals surface area contributed by atoms with Crippen LogP contribution in [0.25, 0.3) is 5.69 Å². The van der Waals surface area contributed by atoms with Gasteiger partial charge in [0, 0.05) is 18.3 Å². The second-order valence-electron chi connectivity index (χ2n) is 5.33. The third-order valence-electron chi connectivity index (χ3n) is 3.41. The smallest absolute Gasteiger partial charge is 0.351 e. The van der Waals surface area contributed by atoms with Gasteiger partial charge in [0.2, 0.25) is 0 Å². The standard InChI is InChI=1S/C15H14F6N4O/c1-2-7-24(13(22)26)9-3-5-10(6-4-9)25-12(15(19,20)21)8-11(23-25)14(16,17)18/h3-6,8H,2,7H2,1H3,(H2,22,26). The van der Waals surface area contributed by atoms with Gasteiger partial charge in [-0.3, -0.25) is 4.90 Å². The molecule has 26 heavy (non-hydrogen) atoms. The minimum absolute atomic E-state index is 0.0549. The summed E-state index contributed by atoms with van der Waals surface area (Å²) in [6.45, 7) is 2.07. The van der Waals surface area contributed by atoms with Gasteiger partial charge in [-0.05, 0) is 30.7 Å². The monoisotopic (exact) mass is 380 g/mol. The van der Waals surface area contributed by atoms with Crippen molar-refractivity contribution in [1.29, 1.82) is 0 Å². The van der Waals surface area contributed by atoms with Crippen LogP contribution >= 0.6 is 0 Å². The van der Waals surface area contributed by atoms with Crippen LogP contribution in [0.1, 0.15) is 24.7 Å². The number of primary amides is 1. The summed E-state index contributed by atoms with van der Waals surface area (Å²) in [6, 6.07) is 4.01. The number of carbonyl (C=O) groups is 1. The van der Waals surface area contributed by atoms with E-state index in [0.29, 0.717) is 12.1 Å². The Bertz CT molecular complexity index is 779. The third-order valence-corrected chi connectivity index (χ3v) is 3.41. The van der Waals surface area contributed by atoms with Gasteiger partial charge in [-0.1, -0.05) is 6.92 Å². The molecule has 0 aliphatic carbocycles. The van der Waals surface area contributed by atoms with Gasteiger partial charge in [0.25, 0.3) is 0 Å². The van der Waals surface area contributed by atoms with Crippen molar-refractivity contribution >= 4 is 11.7 Å². The van der Waals surface area contributed by atoms with Crippen molar-refractivity contribution in [2.45, 2.75) is 25.7 Å². The SMILES string of the molecule is CCCN(C(N)=O)c1ccc(-n2nc(C(F)(F)F)cc2C(F)(F)F)cc1. The van der Waals surface area contributed by atoms with Crippen molar-refractivity contribution in [3.63, 3.8) is 0 Å². The first-order valence-corrected chi connectivity index (χ1v) is 7.37. The Hall–Kier alpha value is -2.72. The molecule has 2 rings (SSSR count). The van der Waals surface area contributed by atoms with Crippen molar-refractivity contribution in [2.24, 2.45) is 5.73 Å². The highest BCUT2D eigenvalue weighted by Gasteiger charge is 2.42. The fraction of sp³-hybridized carbons (Fsp3) is 0.333. The molecule has 2 N–H and O–H groups in total. The molecule has 0 saturated carbocycles. The van der Waals surface area contributed by atoms with Crippen LogP contribution in [0.4, 0.5) is 36.8 Å². The molecule has 2 aromatic rings. The van der Waals surface area contributed by atoms with E-state index >= 15 is 0 Å². The predicted octanol–water partition coefficient (Wildman–Crippen LogP) is 4.21. The Morgan fingerprint density at radius 2 is 1.69 bits per heavy atom. The quantitative estimate of drug-likeness (QED) is 0.808. The van der Waals surface area contributed by atoms with Crippen LogP contribution in [0, 0.1) is 0 Å². The van der Waals surface area contributed by atoms with Gasteiger partial charge in [0.05, 0.1) is 5.69 Å². The number of hydrogen-bond acceptors (Lipinski definition) is 2. The summed E-state index contributed by atoms with van der Waals surface area (Å²) in [5.41, 5.74) is 2.09. The molecule has 0 fully saturated rings. The molecule has 2 amide bonds. The molecule has 0 radical (unpaired) electrons. The Kier molecular flexibility index (Phi) is 5.19. The van der Waals surface area contributed by atoms with Gasteiger partial charge >= 0.3 is 18.4 Å². The first kappa shape index (κ1) is 19.6. The molecule has 1 aromatic heterocycles. The van der Waals surface area contributed by atoms with E-state index in [1.807, 2.05) is 0 Å². The van der Waals surface area contributed by atoms with Gasteiger partial charge in [-0.15, -0.1) is 0 Å². The van der Waals surface area contributed by atoms with E-state index in [2.05, 4.69) is 5.10 Å². The average Bonchev–Trinajstić information content (AvgIpc) is 2.98. The predicted molar refractivity (Wildman–Crippen MR) is 80.8 cm³/mol. The Morgan fingerprint density at radius 1 is 1.12 bits per heavy atom. The van der Waals surface area contributed by atoms with Gasteiger partial charge < -0.3 is 5.73 Å². The zero-order valence-electron chi connectivity index (χ0n) is 13.4. The van der Waals surface area contributed by atoms with Crippen LogP contribution in [-0.2, 0) is 12.4 Å². The number of hydrogen-bond donors (Lipinski definition) is 1. The largest absolute Gasteiger partial charge is 0.435 e. The highest BCUT2D eigenvalue weighted by Crippen LogP contribution is 2.36. The molecular weight excluding hydrogens is 366 g/mol. The van der Waals surface area contributed by atoms with E-state index in [9.17, 15) is 31.1 Å². The number of carbonyl (C=O) groups excluding carboxylic acids is 1. The molecule has 5 nitrogen and oxygen atoms in total. The van der Waals surface area contributed by atoms with Crippen LogP contribution in [0.5, 0.6) is 0 Å². The maximum absolute atomic E-state index is 13.1. The van der Waals surface area contributed by atoms with Crippen molar-refractivity contribution in [1.82, 2.24) is 9.78 Å². The van der Waals surface area contributed by atoms with Gasteiger partial charge in [0.1, 0.15) is 5.69 Å². The van der Waals surface area contributed by atoms with Crippen molar-refractivity contribution in [3.8, 4) is 5.69 Å². The van der Waals surface area contributed by atoms with Gasteiger partial charge in [-0.2, -0.15) is 31.4 Å². The second-order valence-corrected chi connectivity index (χ2v) is 5.33. The fourth-order valence-corrected chi connectivity index (χ4v) is 2.28. The highest BCUT2D eigenvalue weighted by molar-refractivity contribution is 5.90. The zero-order chi connectivity index (χ0) is 19.7. The molecule has 0 aliphatic rings. The molecule has 0 spiro atoms. The number of urea groups is 1. The molecular formula is C15H14F6N4O. The Morgan fingerprint density at radius 3 is 2.12 bits per heavy atom. The van der Waals surface area contributed by atoms with Crippen LogP contribution in [0.2, 0.25) is 0 Å². The summed E-state index contributed by atoms with van der Waals surface area (Å²) < 4.78 is 77.5. The molecule has 142 valence electrons. The summed E-state index contributed by atoms with van der Waals surface area (Å²) in [5.74, 6) is 0. The molecule has 0 aliphatic heterocycles. The van der Waals surface area contributed by atoms with E-state index in [1.165, 1.54) is 17.0 Å². The van der Waals surface area contributed by atoms with Crippen LogP contribution in [0.15, 0.2) is 30.3 Å². The molecule has 0 saturated heterocycles. The maximum Gasteiger partial charge on any atom is 0.435 e. The molecule has 0 bridgehead atoms. The number of nitrogens with zero attached hydrogens (tertiary/aromatic N) is 3. The van der Waals surface area contributed by atoms with E-state index < -0.39 is 29.8 Å². The number of aromatic nitrogens is 2. The summed E-state index contributed by atoms with van der Waals surface area (Å²) in [6.07, 6.45) is -9.47. The lowest BCUT2D eigenvalue weighted by molar-refractivity contribution is -0.143. The Labute approximate surface area is 144 Å². The number of anilines is 1. The summed E-state index contributed by atoms with van der Waals surface area (Å²) in [7, 11) is 0. The molecule has 1 heterocycles. The number of alkyl halides is 6. The maximum atomic E-state index is 13.1. The van der Waals surface area contributed by atoms with Crippen molar-refractivity contribution in [2.75, 3.05) is 11.4 Å². The van der Waals surface area contributed by atoms with E-state index in [4.69, 9.17) is 5.73 Å². The number of nitrogens with two attached hydrogens (primary N) is 1. The Balaban J connectivity index is 2.48. The lowest BCUT2D eigenvalue weighted by atomic mass is 10.2. The molecule has 11 heteroatoms. The first-order valence-electron chi connectivity index (χ1n) is 7.37. The van der Waals surface area contributed by atoms with Gasteiger partial charge in [-0.25, -0.2) is 9.48 Å². The number of rotatable bonds is 4. The average molecular weight is 380 g/mol. The van der Waals surface area contributed by atoms with Crippen LogP contribution in [0.3, 0.4) is 0 Å². The van der Waals surface area contributed by atoms with Crippen molar-refractivity contribution in [3.05, 3.63) is 41.7 Å². The van der Waals surface area contributed by atoms with Crippen molar-refractivity contribution < 1.29 is 31.1 Å². The minimum atomic E-state index is -5.03. The molecule has 0 unspecified atom stereocenters. The highest BCUT2D eigenvalue weighted by atomic mass is 19.4. The molecule has 0 atom stereocenters. The number of benzene rings is 1. The molecule has 1 aromatic carbocycles. The fourth-order valence-electron chi connectivity index (χ4n) is 2.28. The van der Waals surface area contributed by atoms with E-state index in [0.717, 1.165) is 12.1 Å². The first-order chi connectivity index (χ1) is 11.9.